The summed E-state index contributed by atoms with van der Waals surface area (Å²) < 4.78 is 38.9. The van der Waals surface area contributed by atoms with Gasteiger partial charge in [0.15, 0.2) is 26.1 Å². The lowest BCUT2D eigenvalue weighted by Crippen LogP contribution is -2.18. The number of carbonyl (C=O) groups is 1. The zero-order valence-corrected chi connectivity index (χ0v) is 17.5. The van der Waals surface area contributed by atoms with Gasteiger partial charge in [-0.1, -0.05) is 29.5 Å². The zero-order valence-electron chi connectivity index (χ0n) is 15.8. The van der Waals surface area contributed by atoms with Crippen molar-refractivity contribution in [2.45, 2.75) is 24.8 Å². The summed E-state index contributed by atoms with van der Waals surface area (Å²) in [5.41, 5.74) is 0.908. The van der Waals surface area contributed by atoms with E-state index in [9.17, 15) is 13.2 Å². The van der Waals surface area contributed by atoms with Gasteiger partial charge in [-0.2, -0.15) is 4.99 Å². The average Bonchev–Trinajstić information content (AvgIpc) is 3.07. The molecular formula is C20H20N2O5S2. The summed E-state index contributed by atoms with van der Waals surface area (Å²) in [6.07, 6.45) is -0.169. The molecule has 152 valence electrons. The lowest BCUT2D eigenvalue weighted by atomic mass is 10.2. The number of aromatic nitrogens is 1. The Bertz CT molecular complexity index is 1230. The monoisotopic (exact) mass is 432 g/mol. The van der Waals surface area contributed by atoms with Crippen LogP contribution in [0.25, 0.3) is 10.2 Å². The van der Waals surface area contributed by atoms with Crippen LogP contribution in [-0.2, 0) is 21.2 Å². The van der Waals surface area contributed by atoms with Crippen LogP contribution >= 0.6 is 11.3 Å². The zero-order chi connectivity index (χ0) is 20.4. The van der Waals surface area contributed by atoms with Crippen LogP contribution in [0, 0.1) is 0 Å². The molecule has 4 rings (SSSR count). The van der Waals surface area contributed by atoms with Crippen molar-refractivity contribution in [1.29, 1.82) is 0 Å². The molecule has 0 saturated carbocycles. The van der Waals surface area contributed by atoms with E-state index in [2.05, 4.69) is 4.99 Å². The Balaban J connectivity index is 1.61. The molecule has 0 bridgehead atoms. The highest BCUT2D eigenvalue weighted by Gasteiger charge is 2.18. The first-order valence-electron chi connectivity index (χ1n) is 9.26. The van der Waals surface area contributed by atoms with Crippen molar-refractivity contribution in [3.8, 4) is 11.5 Å². The van der Waals surface area contributed by atoms with Gasteiger partial charge in [0.25, 0.3) is 0 Å². The van der Waals surface area contributed by atoms with Gasteiger partial charge < -0.3 is 14.0 Å². The molecule has 9 heteroatoms. The molecule has 1 aliphatic heterocycles. The topological polar surface area (TPSA) is 87.0 Å². The van der Waals surface area contributed by atoms with Gasteiger partial charge in [-0.15, -0.1) is 0 Å². The van der Waals surface area contributed by atoms with E-state index >= 15 is 0 Å². The number of thiazole rings is 1. The second-order valence-corrected chi connectivity index (χ2v) is 9.60. The number of carbonyl (C=O) groups excluding carboxylic acids is 1. The molecule has 0 fully saturated rings. The quantitative estimate of drug-likeness (QED) is 0.619. The fourth-order valence-corrected chi connectivity index (χ4v) is 5.50. The normalized spacial score (nSPS) is 14.3. The number of benzene rings is 2. The molecule has 0 radical (unpaired) electrons. The Kier molecular flexibility index (Phi) is 5.42. The summed E-state index contributed by atoms with van der Waals surface area (Å²) >= 11 is 1.37. The molecule has 0 spiro atoms. The maximum Gasteiger partial charge on any atom is 0.249 e. The maximum atomic E-state index is 12.4. The van der Waals surface area contributed by atoms with Crippen molar-refractivity contribution in [3.05, 3.63) is 47.3 Å². The van der Waals surface area contributed by atoms with Crippen molar-refractivity contribution >= 4 is 37.3 Å². The molecule has 0 atom stereocenters. The number of sulfone groups is 1. The molecule has 2 heterocycles. The van der Waals surface area contributed by atoms with Crippen molar-refractivity contribution in [3.63, 3.8) is 0 Å². The Morgan fingerprint density at radius 3 is 2.52 bits per heavy atom. The van der Waals surface area contributed by atoms with Gasteiger partial charge in [-0.05, 0) is 19.1 Å². The minimum absolute atomic E-state index is 0.169. The van der Waals surface area contributed by atoms with E-state index in [0.29, 0.717) is 36.1 Å². The lowest BCUT2D eigenvalue weighted by molar-refractivity contribution is -0.117. The van der Waals surface area contributed by atoms with Gasteiger partial charge in [-0.3, -0.25) is 4.79 Å². The third-order valence-corrected chi connectivity index (χ3v) is 7.34. The Labute approximate surface area is 172 Å². The van der Waals surface area contributed by atoms with E-state index in [4.69, 9.17) is 9.47 Å². The molecule has 1 aromatic heterocycles. The van der Waals surface area contributed by atoms with Gasteiger partial charge in [-0.25, -0.2) is 8.42 Å². The van der Waals surface area contributed by atoms with Gasteiger partial charge in [0.05, 0.1) is 20.9 Å². The number of rotatable bonds is 5. The molecule has 2 aromatic carbocycles. The number of aryl methyl sites for hydroxylation is 1. The van der Waals surface area contributed by atoms with Crippen LogP contribution in [0.4, 0.5) is 0 Å². The lowest BCUT2D eigenvalue weighted by Gasteiger charge is -2.18. The Morgan fingerprint density at radius 1 is 1.14 bits per heavy atom. The maximum absolute atomic E-state index is 12.4. The first-order valence-corrected chi connectivity index (χ1v) is 11.7. The van der Waals surface area contributed by atoms with Gasteiger partial charge in [0, 0.05) is 25.1 Å². The summed E-state index contributed by atoms with van der Waals surface area (Å²) in [4.78, 5) is 17.3. The molecule has 0 saturated heterocycles. The Morgan fingerprint density at radius 2 is 1.83 bits per heavy atom. The van der Waals surface area contributed by atoms with E-state index in [1.165, 1.54) is 23.5 Å². The van der Waals surface area contributed by atoms with E-state index in [0.717, 1.165) is 10.2 Å². The summed E-state index contributed by atoms with van der Waals surface area (Å²) in [5, 5.41) is 0. The van der Waals surface area contributed by atoms with Crippen molar-refractivity contribution in [2.75, 3.05) is 19.0 Å². The smallest absolute Gasteiger partial charge is 0.249 e. The summed E-state index contributed by atoms with van der Waals surface area (Å²) in [6.45, 7) is 3.59. The SMILES string of the molecule is CCn1c(=NC(=O)CCS(=O)(=O)c2ccccc2)sc2cc3c(cc21)OCCO3. The van der Waals surface area contributed by atoms with Crippen LogP contribution in [0.3, 0.4) is 0 Å². The molecular weight excluding hydrogens is 412 g/mol. The highest BCUT2D eigenvalue weighted by molar-refractivity contribution is 7.91. The molecule has 1 aliphatic rings. The van der Waals surface area contributed by atoms with Crippen LogP contribution in [0.15, 0.2) is 52.4 Å². The highest BCUT2D eigenvalue weighted by Crippen LogP contribution is 2.35. The summed E-state index contributed by atoms with van der Waals surface area (Å²) in [7, 11) is -3.52. The molecule has 3 aromatic rings. The number of ether oxygens (including phenoxy) is 2. The van der Waals surface area contributed by atoms with Crippen LogP contribution in [0.1, 0.15) is 13.3 Å². The van der Waals surface area contributed by atoms with Gasteiger partial charge in [0.1, 0.15) is 13.2 Å². The van der Waals surface area contributed by atoms with Crippen molar-refractivity contribution in [1.82, 2.24) is 4.57 Å². The second kappa shape index (κ2) is 8.00. The van der Waals surface area contributed by atoms with Crippen LogP contribution in [0.5, 0.6) is 11.5 Å². The van der Waals surface area contributed by atoms with E-state index in [1.807, 2.05) is 23.6 Å². The second-order valence-electron chi connectivity index (χ2n) is 6.48. The molecule has 0 unspecified atom stereocenters. The van der Waals surface area contributed by atoms with Gasteiger partial charge >= 0.3 is 0 Å². The standard InChI is InChI=1S/C20H20N2O5S2/c1-2-22-15-12-16-17(27-10-9-26-16)13-18(15)28-20(22)21-19(23)8-11-29(24,25)14-6-4-3-5-7-14/h3-7,12-13H,2,8-11H2,1H3. The van der Waals surface area contributed by atoms with Crippen molar-refractivity contribution < 1.29 is 22.7 Å². The predicted molar refractivity (Wildman–Crippen MR) is 110 cm³/mol. The molecule has 0 aliphatic carbocycles. The molecule has 29 heavy (non-hydrogen) atoms. The van der Waals surface area contributed by atoms with Crippen LogP contribution in [-0.4, -0.2) is 37.9 Å². The molecule has 1 amide bonds. The fourth-order valence-electron chi connectivity index (χ4n) is 3.13. The first kappa shape index (κ1) is 19.7. The van der Waals surface area contributed by atoms with Crippen molar-refractivity contribution in [2.24, 2.45) is 4.99 Å². The average molecular weight is 433 g/mol. The van der Waals surface area contributed by atoms with E-state index in [1.54, 1.807) is 18.2 Å². The summed E-state index contributed by atoms with van der Waals surface area (Å²) in [5.74, 6) is 0.623. The number of hydrogen-bond acceptors (Lipinski definition) is 6. The van der Waals surface area contributed by atoms with E-state index in [-0.39, 0.29) is 17.1 Å². The minimum Gasteiger partial charge on any atom is -0.486 e. The molecule has 0 N–H and O–H groups in total. The number of hydrogen-bond donors (Lipinski definition) is 0. The Hall–Kier alpha value is -2.65. The highest BCUT2D eigenvalue weighted by atomic mass is 32.2. The largest absolute Gasteiger partial charge is 0.486 e. The predicted octanol–water partition coefficient (Wildman–Crippen LogP) is 2.79. The summed E-state index contributed by atoms with van der Waals surface area (Å²) in [6, 6.07) is 11.9. The number of fused-ring (bicyclic) bond motifs is 2. The number of nitrogens with zero attached hydrogens (tertiary/aromatic N) is 2. The minimum atomic E-state index is -3.52. The van der Waals surface area contributed by atoms with Gasteiger partial charge in [0.2, 0.25) is 5.91 Å². The first-order chi connectivity index (χ1) is 14.0. The van der Waals surface area contributed by atoms with Crippen LogP contribution < -0.4 is 14.3 Å². The third-order valence-electron chi connectivity index (χ3n) is 4.57. The molecule has 7 nitrogen and oxygen atoms in total. The van der Waals surface area contributed by atoms with Crippen LogP contribution in [0.2, 0.25) is 0 Å². The van der Waals surface area contributed by atoms with E-state index < -0.39 is 15.7 Å². The third kappa shape index (κ3) is 4.06. The fraction of sp³-hybridized carbons (Fsp3) is 0.300. The number of amides is 1.